The number of amides is 2. The van der Waals surface area contributed by atoms with Gasteiger partial charge in [-0.1, -0.05) is 64.1 Å². The van der Waals surface area contributed by atoms with Crippen LogP contribution in [0.4, 0.5) is 4.79 Å². The highest BCUT2D eigenvalue weighted by molar-refractivity contribution is 6.11. The number of Topliss-reactive ketones (excluding diaryl/α,β-unsaturated/α-hetero) is 1. The van der Waals surface area contributed by atoms with Gasteiger partial charge in [-0.3, -0.25) is 4.79 Å². The Kier molecular flexibility index (Phi) is 6.84. The van der Waals surface area contributed by atoms with E-state index in [1.54, 1.807) is 18.2 Å². The van der Waals surface area contributed by atoms with Gasteiger partial charge in [0.2, 0.25) is 0 Å². The van der Waals surface area contributed by atoms with Crippen molar-refractivity contribution in [3.8, 4) is 0 Å². The van der Waals surface area contributed by atoms with E-state index in [-0.39, 0.29) is 11.8 Å². The molecular formula is C29H30N2O5. The number of benzene rings is 3. The largest absolute Gasteiger partial charge is 0.480 e. The minimum absolute atomic E-state index is 0.0114. The molecule has 2 atom stereocenters. The molecule has 0 fully saturated rings. The first-order chi connectivity index (χ1) is 17.1. The Balaban J connectivity index is 1.98. The van der Waals surface area contributed by atoms with Crippen LogP contribution in [0.1, 0.15) is 72.5 Å². The van der Waals surface area contributed by atoms with E-state index in [0.717, 1.165) is 21.9 Å². The minimum Gasteiger partial charge on any atom is -0.480 e. The number of rotatable bonds is 8. The zero-order chi connectivity index (χ0) is 26.1. The van der Waals surface area contributed by atoms with E-state index >= 15 is 0 Å². The Morgan fingerprint density at radius 2 is 1.44 bits per heavy atom. The Bertz CT molecular complexity index is 1440. The molecule has 0 saturated heterocycles. The van der Waals surface area contributed by atoms with Gasteiger partial charge < -0.3 is 20.6 Å². The summed E-state index contributed by atoms with van der Waals surface area (Å²) >= 11 is 0. The van der Waals surface area contributed by atoms with Crippen LogP contribution in [0.15, 0.2) is 65.1 Å². The van der Waals surface area contributed by atoms with Gasteiger partial charge in [-0.15, -0.1) is 0 Å². The molecule has 7 heteroatoms. The van der Waals surface area contributed by atoms with Crippen LogP contribution in [0.3, 0.4) is 0 Å². The second kappa shape index (κ2) is 9.85. The number of furan rings is 1. The zero-order valence-corrected chi connectivity index (χ0v) is 20.7. The number of carboxylic acids is 1. The average molecular weight is 487 g/mol. The smallest absolute Gasteiger partial charge is 0.327 e. The molecule has 4 aromatic rings. The lowest BCUT2D eigenvalue weighted by Gasteiger charge is -2.30. The monoisotopic (exact) mass is 486 g/mol. The molecule has 36 heavy (non-hydrogen) atoms. The van der Waals surface area contributed by atoms with Crippen molar-refractivity contribution in [2.24, 2.45) is 5.73 Å². The topological polar surface area (TPSA) is 123 Å². The number of para-hydroxylation sites is 1. The number of ketones is 1. The van der Waals surface area contributed by atoms with Crippen molar-refractivity contribution in [2.75, 3.05) is 0 Å². The van der Waals surface area contributed by atoms with Crippen molar-refractivity contribution in [1.29, 1.82) is 0 Å². The van der Waals surface area contributed by atoms with E-state index in [4.69, 9.17) is 10.2 Å². The fraction of sp³-hybridized carbons (Fsp3) is 0.276. The summed E-state index contributed by atoms with van der Waals surface area (Å²) in [6.07, 6.45) is 0. The minimum atomic E-state index is -1.55. The number of carboxylic acid groups (broad SMARTS) is 1. The number of carbonyl (C=O) groups excluding carboxylic acids is 2. The van der Waals surface area contributed by atoms with Gasteiger partial charge in [-0.25, -0.2) is 9.59 Å². The normalized spacial score (nSPS) is 13.3. The van der Waals surface area contributed by atoms with Crippen LogP contribution in [0, 0.1) is 0 Å². The third-order valence-corrected chi connectivity index (χ3v) is 6.57. The van der Waals surface area contributed by atoms with Gasteiger partial charge in [-0.2, -0.15) is 0 Å². The van der Waals surface area contributed by atoms with E-state index in [0.29, 0.717) is 22.3 Å². The molecule has 4 N–H and O–H groups in total. The number of hydrogen-bond donors (Lipinski definition) is 3. The van der Waals surface area contributed by atoms with Crippen LogP contribution in [-0.4, -0.2) is 28.9 Å². The third-order valence-electron chi connectivity index (χ3n) is 6.57. The second-order valence-corrected chi connectivity index (χ2v) is 9.64. The van der Waals surface area contributed by atoms with E-state index in [2.05, 4.69) is 5.32 Å². The van der Waals surface area contributed by atoms with Gasteiger partial charge in [0.05, 0.1) is 5.92 Å². The lowest BCUT2D eigenvalue weighted by atomic mass is 9.75. The van der Waals surface area contributed by atoms with Crippen LogP contribution in [-0.2, 0) is 4.79 Å². The molecule has 0 aliphatic rings. The first-order valence-corrected chi connectivity index (χ1v) is 12.0. The van der Waals surface area contributed by atoms with Crippen LogP contribution >= 0.6 is 0 Å². The summed E-state index contributed by atoms with van der Waals surface area (Å²) in [6, 6.07) is 15.8. The maximum Gasteiger partial charge on any atom is 0.327 e. The predicted octanol–water partition coefficient (Wildman–Crippen LogP) is 5.92. The van der Waals surface area contributed by atoms with Gasteiger partial charge in [0.25, 0.3) is 0 Å². The highest BCUT2D eigenvalue weighted by atomic mass is 16.4. The van der Waals surface area contributed by atoms with Crippen molar-refractivity contribution in [3.05, 3.63) is 82.9 Å². The molecule has 0 aliphatic heterocycles. The summed E-state index contributed by atoms with van der Waals surface area (Å²) < 4.78 is 5.89. The highest BCUT2D eigenvalue weighted by Crippen LogP contribution is 2.38. The van der Waals surface area contributed by atoms with Crippen molar-refractivity contribution in [3.63, 3.8) is 0 Å². The maximum absolute atomic E-state index is 14.2. The highest BCUT2D eigenvalue weighted by Gasteiger charge is 2.39. The number of primary amides is 1. The summed E-state index contributed by atoms with van der Waals surface area (Å²) in [5.74, 6) is -2.93. The number of fused-ring (bicyclic) bond motifs is 3. The van der Waals surface area contributed by atoms with Crippen molar-refractivity contribution in [2.45, 2.75) is 51.5 Å². The number of nitrogens with one attached hydrogen (secondary N) is 1. The Morgan fingerprint density at radius 3 is 2.03 bits per heavy atom. The zero-order valence-electron chi connectivity index (χ0n) is 20.7. The SMILES string of the molecule is CC(C)c1cccc(C(C)C)c1C(C(=O)c1ccc2oc3ccccc3c2c1)C(NC(N)=O)C(=O)O. The van der Waals surface area contributed by atoms with Crippen molar-refractivity contribution >= 4 is 39.7 Å². The lowest BCUT2D eigenvalue weighted by molar-refractivity contribution is -0.139. The van der Waals surface area contributed by atoms with Gasteiger partial charge in [0, 0.05) is 16.3 Å². The fourth-order valence-corrected chi connectivity index (χ4v) is 4.92. The molecule has 7 nitrogen and oxygen atoms in total. The number of hydrogen-bond acceptors (Lipinski definition) is 4. The van der Waals surface area contributed by atoms with Crippen LogP contribution in [0.5, 0.6) is 0 Å². The molecule has 0 bridgehead atoms. The van der Waals surface area contributed by atoms with E-state index in [9.17, 15) is 19.5 Å². The average Bonchev–Trinajstić information content (AvgIpc) is 3.20. The molecule has 0 saturated carbocycles. The van der Waals surface area contributed by atoms with E-state index in [1.165, 1.54) is 0 Å². The number of aliphatic carboxylic acids is 1. The number of carbonyl (C=O) groups is 3. The van der Waals surface area contributed by atoms with Crippen LogP contribution in [0.25, 0.3) is 21.9 Å². The standard InChI is InChI=1S/C29H30N2O5/c1-15(2)18-9-7-10-19(16(3)4)24(18)25(26(28(33)34)31-29(30)35)27(32)17-12-13-23-21(14-17)20-8-5-6-11-22(20)36-23/h5-16,25-26H,1-4H3,(H,33,34)(H3,30,31,35). The van der Waals surface area contributed by atoms with E-state index < -0.39 is 29.7 Å². The maximum atomic E-state index is 14.2. The summed E-state index contributed by atoms with van der Waals surface area (Å²) in [7, 11) is 0. The van der Waals surface area contributed by atoms with E-state index in [1.807, 2.05) is 70.2 Å². The van der Waals surface area contributed by atoms with Gasteiger partial charge >= 0.3 is 12.0 Å². The summed E-state index contributed by atoms with van der Waals surface area (Å²) in [4.78, 5) is 38.6. The quantitative estimate of drug-likeness (QED) is 0.267. The molecule has 1 aromatic heterocycles. The molecule has 0 aliphatic carbocycles. The van der Waals surface area contributed by atoms with Gasteiger partial charge in [0.15, 0.2) is 5.78 Å². The molecule has 0 radical (unpaired) electrons. The molecule has 1 heterocycles. The van der Waals surface area contributed by atoms with Gasteiger partial charge in [0.1, 0.15) is 17.2 Å². The Hall–Kier alpha value is -4.13. The van der Waals surface area contributed by atoms with Gasteiger partial charge in [-0.05, 0) is 52.8 Å². The molecule has 4 rings (SSSR count). The van der Waals surface area contributed by atoms with Crippen LogP contribution in [0.2, 0.25) is 0 Å². The summed E-state index contributed by atoms with van der Waals surface area (Å²) in [6.45, 7) is 7.97. The summed E-state index contributed by atoms with van der Waals surface area (Å²) in [5, 5.41) is 14.1. The Morgan fingerprint density at radius 1 is 0.833 bits per heavy atom. The first kappa shape index (κ1) is 25.0. The predicted molar refractivity (Wildman–Crippen MR) is 140 cm³/mol. The Labute approximate surface area is 209 Å². The number of nitrogens with two attached hydrogens (primary N) is 1. The first-order valence-electron chi connectivity index (χ1n) is 12.0. The van der Waals surface area contributed by atoms with Crippen molar-refractivity contribution < 1.29 is 23.9 Å². The molecular weight excluding hydrogens is 456 g/mol. The molecule has 3 aromatic carbocycles. The summed E-state index contributed by atoms with van der Waals surface area (Å²) in [5.41, 5.74) is 9.33. The van der Waals surface area contributed by atoms with Crippen molar-refractivity contribution in [1.82, 2.24) is 5.32 Å². The fourth-order valence-electron chi connectivity index (χ4n) is 4.92. The second-order valence-electron chi connectivity index (χ2n) is 9.64. The molecule has 0 spiro atoms. The molecule has 2 amide bonds. The van der Waals surface area contributed by atoms with Crippen LogP contribution < -0.4 is 11.1 Å². The third kappa shape index (κ3) is 4.56. The molecule has 186 valence electrons. The molecule has 2 unspecified atom stereocenters. The lowest BCUT2D eigenvalue weighted by Crippen LogP contribution is -2.49. The number of urea groups is 1.